The van der Waals surface area contributed by atoms with Crippen LogP contribution in [0.3, 0.4) is 0 Å². The molecule has 1 N–H and O–H groups in total. The first-order valence-electron chi connectivity index (χ1n) is 7.49. The highest BCUT2D eigenvalue weighted by Crippen LogP contribution is 2.16. The number of nitro groups is 1. The fourth-order valence-corrected chi connectivity index (χ4v) is 2.38. The maximum atomic E-state index is 12.4. The SMILES string of the molecule is O=C(Cn1cnc2ccc([N+](=O)[O-])cc2c1=O)NCc1ccccc1. The third-order valence-electron chi connectivity index (χ3n) is 3.66. The number of rotatable bonds is 5. The van der Waals surface area contributed by atoms with E-state index in [1.165, 1.54) is 24.5 Å². The first-order chi connectivity index (χ1) is 12.0. The molecule has 0 aliphatic rings. The highest BCUT2D eigenvalue weighted by atomic mass is 16.6. The Morgan fingerprint density at radius 1 is 1.20 bits per heavy atom. The van der Waals surface area contributed by atoms with Gasteiger partial charge < -0.3 is 5.32 Å². The fraction of sp³-hybridized carbons (Fsp3) is 0.118. The molecule has 1 amide bonds. The van der Waals surface area contributed by atoms with Gasteiger partial charge >= 0.3 is 0 Å². The Morgan fingerprint density at radius 3 is 2.68 bits per heavy atom. The minimum atomic E-state index is -0.581. The molecule has 0 spiro atoms. The summed E-state index contributed by atoms with van der Waals surface area (Å²) in [6.45, 7) is 0.137. The average Bonchev–Trinajstić information content (AvgIpc) is 2.63. The Bertz CT molecular complexity index is 998. The summed E-state index contributed by atoms with van der Waals surface area (Å²) in [7, 11) is 0. The molecule has 0 unspecified atom stereocenters. The van der Waals surface area contributed by atoms with Gasteiger partial charge in [0, 0.05) is 18.7 Å². The second kappa shape index (κ2) is 6.91. The predicted octanol–water partition coefficient (Wildman–Crippen LogP) is 1.62. The lowest BCUT2D eigenvalue weighted by atomic mass is 10.2. The molecule has 3 aromatic rings. The highest BCUT2D eigenvalue weighted by molar-refractivity contribution is 5.80. The highest BCUT2D eigenvalue weighted by Gasteiger charge is 2.12. The van der Waals surface area contributed by atoms with Crippen LogP contribution in [0.5, 0.6) is 0 Å². The molecule has 0 atom stereocenters. The first kappa shape index (κ1) is 16.3. The van der Waals surface area contributed by atoms with E-state index in [2.05, 4.69) is 10.3 Å². The largest absolute Gasteiger partial charge is 0.350 e. The van der Waals surface area contributed by atoms with Gasteiger partial charge in [0.2, 0.25) is 5.91 Å². The number of hydrogen-bond acceptors (Lipinski definition) is 5. The van der Waals surface area contributed by atoms with E-state index in [9.17, 15) is 19.7 Å². The van der Waals surface area contributed by atoms with Gasteiger partial charge in [-0.2, -0.15) is 0 Å². The zero-order valence-electron chi connectivity index (χ0n) is 13.1. The van der Waals surface area contributed by atoms with Crippen molar-refractivity contribution in [3.63, 3.8) is 0 Å². The second-order valence-corrected chi connectivity index (χ2v) is 5.40. The van der Waals surface area contributed by atoms with E-state index in [1.807, 2.05) is 30.3 Å². The number of carbonyl (C=O) groups excluding carboxylic acids is 1. The lowest BCUT2D eigenvalue weighted by Crippen LogP contribution is -2.32. The Labute approximate surface area is 141 Å². The van der Waals surface area contributed by atoms with Gasteiger partial charge in [0.1, 0.15) is 6.54 Å². The quantitative estimate of drug-likeness (QED) is 0.562. The van der Waals surface area contributed by atoms with Gasteiger partial charge in [0.25, 0.3) is 11.2 Å². The minimum Gasteiger partial charge on any atom is -0.350 e. The summed E-state index contributed by atoms with van der Waals surface area (Å²) in [6.07, 6.45) is 1.26. The van der Waals surface area contributed by atoms with Crippen molar-refractivity contribution in [3.8, 4) is 0 Å². The van der Waals surface area contributed by atoms with E-state index in [0.717, 1.165) is 10.1 Å². The number of fused-ring (bicyclic) bond motifs is 1. The van der Waals surface area contributed by atoms with E-state index < -0.39 is 10.5 Å². The van der Waals surface area contributed by atoms with Gasteiger partial charge in [-0.1, -0.05) is 30.3 Å². The molecule has 0 aliphatic carbocycles. The van der Waals surface area contributed by atoms with E-state index in [0.29, 0.717) is 12.1 Å². The van der Waals surface area contributed by atoms with E-state index in [4.69, 9.17) is 0 Å². The molecular weight excluding hydrogens is 324 g/mol. The van der Waals surface area contributed by atoms with Gasteiger partial charge in [-0.15, -0.1) is 0 Å². The van der Waals surface area contributed by atoms with Gasteiger partial charge in [-0.3, -0.25) is 24.3 Å². The van der Waals surface area contributed by atoms with Crippen LogP contribution < -0.4 is 10.9 Å². The van der Waals surface area contributed by atoms with Crippen molar-refractivity contribution in [3.05, 3.63) is 80.9 Å². The third-order valence-corrected chi connectivity index (χ3v) is 3.66. The number of nitrogens with one attached hydrogen (secondary N) is 1. The van der Waals surface area contributed by atoms with Crippen molar-refractivity contribution < 1.29 is 9.72 Å². The number of hydrogen-bond donors (Lipinski definition) is 1. The molecule has 0 aliphatic heterocycles. The second-order valence-electron chi connectivity index (χ2n) is 5.40. The molecule has 0 fully saturated rings. The Kier molecular flexibility index (Phi) is 4.51. The van der Waals surface area contributed by atoms with Gasteiger partial charge in [-0.25, -0.2) is 4.98 Å². The van der Waals surface area contributed by atoms with Crippen LogP contribution in [-0.4, -0.2) is 20.4 Å². The standard InChI is InChI=1S/C17H14N4O4/c22-16(18-9-12-4-2-1-3-5-12)10-20-11-19-15-7-6-13(21(24)25)8-14(15)17(20)23/h1-8,11H,9-10H2,(H,18,22). The zero-order chi connectivity index (χ0) is 17.8. The van der Waals surface area contributed by atoms with Crippen LogP contribution in [0.1, 0.15) is 5.56 Å². The molecule has 1 aromatic heterocycles. The average molecular weight is 338 g/mol. The van der Waals surface area contributed by atoms with Crippen LogP contribution in [0, 0.1) is 10.1 Å². The van der Waals surface area contributed by atoms with Gasteiger partial charge in [0.05, 0.1) is 22.2 Å². The van der Waals surface area contributed by atoms with Crippen molar-refractivity contribution >= 4 is 22.5 Å². The number of aromatic nitrogens is 2. The van der Waals surface area contributed by atoms with E-state index in [1.54, 1.807) is 0 Å². The molecule has 25 heavy (non-hydrogen) atoms. The van der Waals surface area contributed by atoms with Crippen LogP contribution in [0.25, 0.3) is 10.9 Å². The molecule has 8 nitrogen and oxygen atoms in total. The molecule has 3 rings (SSSR count). The summed E-state index contributed by atoms with van der Waals surface area (Å²) in [6, 6.07) is 13.2. The monoisotopic (exact) mass is 338 g/mol. The molecule has 0 saturated heterocycles. The van der Waals surface area contributed by atoms with E-state index >= 15 is 0 Å². The first-order valence-corrected chi connectivity index (χ1v) is 7.49. The number of nitrogens with zero attached hydrogens (tertiary/aromatic N) is 3. The molecule has 0 saturated carbocycles. The number of carbonyl (C=O) groups is 1. The molecule has 8 heteroatoms. The Morgan fingerprint density at radius 2 is 1.96 bits per heavy atom. The molecule has 1 heterocycles. The van der Waals surface area contributed by atoms with Crippen molar-refractivity contribution in [2.75, 3.05) is 0 Å². The number of nitro benzene ring substituents is 1. The van der Waals surface area contributed by atoms with Crippen molar-refractivity contribution in [2.45, 2.75) is 13.1 Å². The van der Waals surface area contributed by atoms with Crippen LogP contribution in [-0.2, 0) is 17.9 Å². The summed E-state index contributed by atoms with van der Waals surface area (Å²) < 4.78 is 1.13. The van der Waals surface area contributed by atoms with Crippen LogP contribution in [0.4, 0.5) is 5.69 Å². The number of non-ortho nitro benzene ring substituents is 1. The van der Waals surface area contributed by atoms with Crippen molar-refractivity contribution in [1.82, 2.24) is 14.9 Å². The zero-order valence-corrected chi connectivity index (χ0v) is 13.1. The van der Waals surface area contributed by atoms with Gasteiger partial charge in [-0.05, 0) is 11.6 Å². The van der Waals surface area contributed by atoms with Crippen LogP contribution in [0.2, 0.25) is 0 Å². The predicted molar refractivity (Wildman–Crippen MR) is 90.9 cm³/mol. The maximum absolute atomic E-state index is 12.4. The van der Waals surface area contributed by atoms with Crippen LogP contribution >= 0.6 is 0 Å². The maximum Gasteiger partial charge on any atom is 0.270 e. The van der Waals surface area contributed by atoms with Gasteiger partial charge in [0.15, 0.2) is 0 Å². The Balaban J connectivity index is 1.79. The molecular formula is C17H14N4O4. The Hall–Kier alpha value is -3.55. The van der Waals surface area contributed by atoms with Crippen LogP contribution in [0.15, 0.2) is 59.7 Å². The normalized spacial score (nSPS) is 10.6. The number of amides is 1. The summed E-state index contributed by atoms with van der Waals surface area (Å²) in [5.74, 6) is -0.350. The smallest absolute Gasteiger partial charge is 0.270 e. The number of benzene rings is 2. The fourth-order valence-electron chi connectivity index (χ4n) is 2.38. The topological polar surface area (TPSA) is 107 Å². The third kappa shape index (κ3) is 3.69. The summed E-state index contributed by atoms with van der Waals surface area (Å²) in [5, 5.41) is 13.7. The summed E-state index contributed by atoms with van der Waals surface area (Å²) >= 11 is 0. The summed E-state index contributed by atoms with van der Waals surface area (Å²) in [4.78, 5) is 38.8. The van der Waals surface area contributed by atoms with Crippen molar-refractivity contribution in [1.29, 1.82) is 0 Å². The lowest BCUT2D eigenvalue weighted by molar-refractivity contribution is -0.384. The molecule has 2 aromatic carbocycles. The molecule has 126 valence electrons. The molecule has 0 bridgehead atoms. The van der Waals surface area contributed by atoms with E-state index in [-0.39, 0.29) is 23.5 Å². The molecule has 0 radical (unpaired) electrons. The minimum absolute atomic E-state index is 0.104. The summed E-state index contributed by atoms with van der Waals surface area (Å²) in [5.41, 5.74) is 0.591. The lowest BCUT2D eigenvalue weighted by Gasteiger charge is -2.08. The van der Waals surface area contributed by atoms with Crippen molar-refractivity contribution in [2.24, 2.45) is 0 Å².